The molecular weight excluding hydrogens is 222 g/mol. The molecule has 17 heavy (non-hydrogen) atoms. The van der Waals surface area contributed by atoms with Crippen molar-refractivity contribution in [2.45, 2.75) is 19.4 Å². The first kappa shape index (κ1) is 11.8. The summed E-state index contributed by atoms with van der Waals surface area (Å²) in [6, 6.07) is -0.274. The van der Waals surface area contributed by atoms with Crippen molar-refractivity contribution in [3.8, 4) is 0 Å². The number of hydrogen-bond acceptors (Lipinski definition) is 6. The van der Waals surface area contributed by atoms with E-state index in [0.717, 1.165) is 13.1 Å². The van der Waals surface area contributed by atoms with Gasteiger partial charge in [0.2, 0.25) is 11.8 Å². The molecule has 0 bridgehead atoms. The molecule has 1 fully saturated rings. The van der Waals surface area contributed by atoms with Crippen LogP contribution in [0, 0.1) is 0 Å². The summed E-state index contributed by atoms with van der Waals surface area (Å²) in [6.07, 6.45) is 0.427. The third kappa shape index (κ3) is 2.73. The van der Waals surface area contributed by atoms with E-state index in [1.807, 2.05) is 18.9 Å². The smallest absolute Gasteiger partial charge is 0.265 e. The molecule has 0 aliphatic carbocycles. The molecule has 2 N–H and O–H groups in total. The van der Waals surface area contributed by atoms with Gasteiger partial charge >= 0.3 is 0 Å². The zero-order chi connectivity index (χ0) is 12.3. The van der Waals surface area contributed by atoms with E-state index in [-0.39, 0.29) is 11.9 Å². The van der Waals surface area contributed by atoms with Crippen LogP contribution in [0.3, 0.4) is 0 Å². The van der Waals surface area contributed by atoms with Crippen molar-refractivity contribution in [1.29, 1.82) is 0 Å². The second-order valence-electron chi connectivity index (χ2n) is 4.00. The van der Waals surface area contributed by atoms with Gasteiger partial charge < -0.3 is 20.1 Å². The maximum atomic E-state index is 11.5. The molecule has 1 aromatic heterocycles. The second-order valence-corrected chi connectivity index (χ2v) is 4.00. The monoisotopic (exact) mass is 239 g/mol. The molecule has 1 aliphatic heterocycles. The Labute approximate surface area is 99.6 Å². The predicted octanol–water partition coefficient (Wildman–Crippen LogP) is -0.844. The topological polar surface area (TPSA) is 83.3 Å². The number of nitrogens with zero attached hydrogens (tertiary/aromatic N) is 3. The van der Waals surface area contributed by atoms with Crippen molar-refractivity contribution in [3.05, 3.63) is 5.89 Å². The minimum Gasteiger partial charge on any atom is -0.353 e. The van der Waals surface area contributed by atoms with Crippen LogP contribution >= 0.6 is 0 Å². The van der Waals surface area contributed by atoms with Crippen LogP contribution in [0.1, 0.15) is 12.8 Å². The van der Waals surface area contributed by atoms with Gasteiger partial charge in [0.15, 0.2) is 0 Å². The van der Waals surface area contributed by atoms with E-state index in [2.05, 4.69) is 20.8 Å². The van der Waals surface area contributed by atoms with Gasteiger partial charge in [0, 0.05) is 26.7 Å². The van der Waals surface area contributed by atoms with Gasteiger partial charge in [-0.15, -0.1) is 0 Å². The molecule has 0 spiro atoms. The SMILES string of the molecule is CCN(C)c1noc(CC2NCCNC2=O)n1. The summed E-state index contributed by atoms with van der Waals surface area (Å²) in [7, 11) is 1.89. The van der Waals surface area contributed by atoms with Crippen LogP contribution in [0.15, 0.2) is 4.52 Å². The lowest BCUT2D eigenvalue weighted by Gasteiger charge is -2.21. The number of rotatable bonds is 4. The van der Waals surface area contributed by atoms with E-state index >= 15 is 0 Å². The number of carbonyl (C=O) groups excluding carboxylic acids is 1. The molecule has 1 unspecified atom stereocenters. The fourth-order valence-electron chi connectivity index (χ4n) is 1.61. The first-order chi connectivity index (χ1) is 8.20. The van der Waals surface area contributed by atoms with Gasteiger partial charge in [0.05, 0.1) is 12.5 Å². The molecule has 0 aromatic carbocycles. The Kier molecular flexibility index (Phi) is 3.58. The van der Waals surface area contributed by atoms with Crippen molar-refractivity contribution in [1.82, 2.24) is 20.8 Å². The largest absolute Gasteiger partial charge is 0.353 e. The minimum absolute atomic E-state index is 0.0140. The van der Waals surface area contributed by atoms with Crippen molar-refractivity contribution >= 4 is 11.9 Å². The summed E-state index contributed by atoms with van der Waals surface area (Å²) in [5.74, 6) is 1.02. The van der Waals surface area contributed by atoms with Crippen LogP contribution in [0.25, 0.3) is 0 Å². The highest BCUT2D eigenvalue weighted by molar-refractivity contribution is 5.82. The molecule has 94 valence electrons. The fraction of sp³-hybridized carbons (Fsp3) is 0.700. The zero-order valence-corrected chi connectivity index (χ0v) is 10.1. The summed E-state index contributed by atoms with van der Waals surface area (Å²) in [6.45, 7) is 4.25. The number of amides is 1. The molecule has 1 aromatic rings. The maximum absolute atomic E-state index is 11.5. The van der Waals surface area contributed by atoms with E-state index in [9.17, 15) is 4.79 Å². The van der Waals surface area contributed by atoms with Crippen LogP contribution in [-0.2, 0) is 11.2 Å². The molecule has 1 atom stereocenters. The predicted molar refractivity (Wildman–Crippen MR) is 61.7 cm³/mol. The molecule has 0 radical (unpaired) electrons. The molecule has 1 amide bonds. The maximum Gasteiger partial charge on any atom is 0.265 e. The Hall–Kier alpha value is -1.63. The van der Waals surface area contributed by atoms with Crippen LogP contribution < -0.4 is 15.5 Å². The third-order valence-corrected chi connectivity index (χ3v) is 2.78. The number of piperazine rings is 1. The zero-order valence-electron chi connectivity index (χ0n) is 10.1. The normalized spacial score (nSPS) is 20.1. The Morgan fingerprint density at radius 3 is 3.06 bits per heavy atom. The van der Waals surface area contributed by atoms with Crippen molar-refractivity contribution in [2.75, 3.05) is 31.6 Å². The fourth-order valence-corrected chi connectivity index (χ4v) is 1.61. The molecule has 1 aliphatic rings. The summed E-state index contributed by atoms with van der Waals surface area (Å²) >= 11 is 0. The first-order valence-corrected chi connectivity index (χ1v) is 5.75. The van der Waals surface area contributed by atoms with E-state index in [0.29, 0.717) is 24.8 Å². The molecule has 7 heteroatoms. The van der Waals surface area contributed by atoms with Gasteiger partial charge in [-0.05, 0) is 12.1 Å². The van der Waals surface area contributed by atoms with Gasteiger partial charge in [0.1, 0.15) is 0 Å². The van der Waals surface area contributed by atoms with E-state index in [1.54, 1.807) is 0 Å². The third-order valence-electron chi connectivity index (χ3n) is 2.78. The second kappa shape index (κ2) is 5.13. The number of anilines is 1. The highest BCUT2D eigenvalue weighted by Crippen LogP contribution is 2.09. The lowest BCUT2D eigenvalue weighted by molar-refractivity contribution is -0.124. The van der Waals surface area contributed by atoms with Gasteiger partial charge in [0.25, 0.3) is 5.95 Å². The number of carbonyl (C=O) groups is 1. The number of nitrogens with one attached hydrogen (secondary N) is 2. The van der Waals surface area contributed by atoms with Crippen LogP contribution in [0.2, 0.25) is 0 Å². The van der Waals surface area contributed by atoms with Gasteiger partial charge in [-0.2, -0.15) is 4.98 Å². The van der Waals surface area contributed by atoms with Crippen molar-refractivity contribution in [3.63, 3.8) is 0 Å². The average Bonchev–Trinajstić information content (AvgIpc) is 2.80. The van der Waals surface area contributed by atoms with Crippen LogP contribution in [0.5, 0.6) is 0 Å². The van der Waals surface area contributed by atoms with Crippen molar-refractivity contribution < 1.29 is 9.32 Å². The lowest BCUT2D eigenvalue weighted by Crippen LogP contribution is -2.53. The lowest BCUT2D eigenvalue weighted by atomic mass is 10.1. The van der Waals surface area contributed by atoms with E-state index in [4.69, 9.17) is 4.52 Å². The van der Waals surface area contributed by atoms with Crippen LogP contribution in [0.4, 0.5) is 5.95 Å². The number of aromatic nitrogens is 2. The molecular formula is C10H17N5O2. The van der Waals surface area contributed by atoms with Gasteiger partial charge in [-0.3, -0.25) is 4.79 Å². The Morgan fingerprint density at radius 1 is 1.53 bits per heavy atom. The molecule has 2 rings (SSSR count). The molecule has 2 heterocycles. The average molecular weight is 239 g/mol. The minimum atomic E-state index is -0.274. The standard InChI is InChI=1S/C10H17N5O2/c1-3-15(2)10-13-8(17-14-10)6-7-9(16)12-5-4-11-7/h7,11H,3-6H2,1-2H3,(H,12,16). The molecule has 0 saturated carbocycles. The molecule has 7 nitrogen and oxygen atoms in total. The van der Waals surface area contributed by atoms with Gasteiger partial charge in [-0.25, -0.2) is 0 Å². The Balaban J connectivity index is 1.98. The summed E-state index contributed by atoms with van der Waals surface area (Å²) in [5, 5.41) is 9.77. The van der Waals surface area contributed by atoms with E-state index < -0.39 is 0 Å². The van der Waals surface area contributed by atoms with Crippen molar-refractivity contribution in [2.24, 2.45) is 0 Å². The quantitative estimate of drug-likeness (QED) is 0.712. The summed E-state index contributed by atoms with van der Waals surface area (Å²) in [5.41, 5.74) is 0. The van der Waals surface area contributed by atoms with E-state index in [1.165, 1.54) is 0 Å². The number of hydrogen-bond donors (Lipinski definition) is 2. The summed E-state index contributed by atoms with van der Waals surface area (Å²) in [4.78, 5) is 17.6. The highest BCUT2D eigenvalue weighted by atomic mass is 16.5. The first-order valence-electron chi connectivity index (χ1n) is 5.75. The van der Waals surface area contributed by atoms with Crippen LogP contribution in [-0.4, -0.2) is 48.8 Å². The summed E-state index contributed by atoms with van der Waals surface area (Å²) < 4.78 is 5.12. The Bertz CT molecular complexity index is 392. The molecule has 1 saturated heterocycles. The van der Waals surface area contributed by atoms with Gasteiger partial charge in [-0.1, -0.05) is 0 Å². The highest BCUT2D eigenvalue weighted by Gasteiger charge is 2.24. The Morgan fingerprint density at radius 2 is 2.35 bits per heavy atom.